The number of ether oxygens (including phenoxy) is 1. The summed E-state index contributed by atoms with van der Waals surface area (Å²) in [5.74, 6) is 0. The number of hydrogen-bond donors (Lipinski definition) is 2. The van der Waals surface area contributed by atoms with E-state index in [1.807, 2.05) is 13.8 Å². The minimum absolute atomic E-state index is 0.0198. The SMILES string of the molecule is COC(Sc1ccc(CC(C)N)cc1)c1ccc(CC(C)N)cc1. The number of benzene rings is 2. The van der Waals surface area contributed by atoms with Crippen LogP contribution in [-0.2, 0) is 17.6 Å². The average Bonchev–Trinajstić information content (AvgIpc) is 2.54. The number of thioether (sulfide) groups is 1. The van der Waals surface area contributed by atoms with Crippen LogP contribution < -0.4 is 11.5 Å². The molecular formula is C20H28N2OS. The van der Waals surface area contributed by atoms with Crippen LogP contribution in [0.1, 0.15) is 36.0 Å². The van der Waals surface area contributed by atoms with Crippen molar-refractivity contribution in [2.24, 2.45) is 11.5 Å². The van der Waals surface area contributed by atoms with Gasteiger partial charge in [-0.05, 0) is 55.5 Å². The lowest BCUT2D eigenvalue weighted by molar-refractivity contribution is 0.175. The zero-order valence-corrected chi connectivity index (χ0v) is 15.6. The Labute approximate surface area is 149 Å². The Kier molecular flexibility index (Phi) is 7.31. The van der Waals surface area contributed by atoms with Crippen molar-refractivity contribution in [1.82, 2.24) is 0 Å². The molecule has 3 nitrogen and oxygen atoms in total. The normalized spacial score (nSPS) is 15.0. The molecule has 0 aliphatic rings. The fraction of sp³-hybridized carbons (Fsp3) is 0.400. The van der Waals surface area contributed by atoms with Crippen molar-refractivity contribution in [3.63, 3.8) is 0 Å². The Morgan fingerprint density at radius 1 is 0.833 bits per heavy atom. The van der Waals surface area contributed by atoms with Gasteiger partial charge < -0.3 is 16.2 Å². The van der Waals surface area contributed by atoms with Crippen molar-refractivity contribution < 1.29 is 4.74 Å². The molecule has 0 spiro atoms. The van der Waals surface area contributed by atoms with Crippen molar-refractivity contribution in [2.45, 2.75) is 49.1 Å². The highest BCUT2D eigenvalue weighted by Crippen LogP contribution is 2.35. The average molecular weight is 345 g/mol. The Bertz CT molecular complexity index is 609. The van der Waals surface area contributed by atoms with E-state index in [1.54, 1.807) is 18.9 Å². The molecule has 0 aromatic heterocycles. The summed E-state index contributed by atoms with van der Waals surface area (Å²) in [4.78, 5) is 1.19. The first-order valence-corrected chi connectivity index (χ1v) is 9.24. The molecule has 4 N–H and O–H groups in total. The molecule has 0 radical (unpaired) electrons. The second kappa shape index (κ2) is 9.23. The molecule has 0 bridgehead atoms. The van der Waals surface area contributed by atoms with E-state index >= 15 is 0 Å². The van der Waals surface area contributed by atoms with E-state index in [4.69, 9.17) is 16.2 Å². The Balaban J connectivity index is 2.03. The van der Waals surface area contributed by atoms with E-state index in [2.05, 4.69) is 48.5 Å². The molecule has 24 heavy (non-hydrogen) atoms. The number of hydrogen-bond acceptors (Lipinski definition) is 4. The highest BCUT2D eigenvalue weighted by molar-refractivity contribution is 7.99. The summed E-state index contributed by atoms with van der Waals surface area (Å²) in [7, 11) is 1.75. The molecule has 3 atom stereocenters. The van der Waals surface area contributed by atoms with Crippen molar-refractivity contribution in [3.8, 4) is 0 Å². The third kappa shape index (κ3) is 5.95. The van der Waals surface area contributed by atoms with Gasteiger partial charge in [0.05, 0.1) is 0 Å². The summed E-state index contributed by atoms with van der Waals surface area (Å²) < 4.78 is 5.67. The smallest absolute Gasteiger partial charge is 0.132 e. The zero-order chi connectivity index (χ0) is 17.5. The molecule has 2 aromatic rings. The van der Waals surface area contributed by atoms with Crippen LogP contribution in [0.2, 0.25) is 0 Å². The van der Waals surface area contributed by atoms with E-state index in [1.165, 1.54) is 16.0 Å². The molecule has 2 aromatic carbocycles. The Hall–Kier alpha value is -1.33. The minimum Gasteiger partial charge on any atom is -0.366 e. The molecule has 0 aliphatic heterocycles. The minimum atomic E-state index is -0.0198. The summed E-state index contributed by atoms with van der Waals surface area (Å²) in [6, 6.07) is 17.5. The van der Waals surface area contributed by atoms with E-state index in [0.29, 0.717) is 0 Å². The fourth-order valence-corrected chi connectivity index (χ4v) is 3.56. The van der Waals surface area contributed by atoms with Crippen LogP contribution in [0, 0.1) is 0 Å². The van der Waals surface area contributed by atoms with Gasteiger partial charge in [0.1, 0.15) is 5.44 Å². The number of methoxy groups -OCH3 is 1. The van der Waals surface area contributed by atoms with E-state index in [9.17, 15) is 0 Å². The van der Waals surface area contributed by atoms with Gasteiger partial charge in [-0.3, -0.25) is 0 Å². The predicted octanol–water partition coefficient (Wildman–Crippen LogP) is 3.90. The summed E-state index contributed by atoms with van der Waals surface area (Å²) >= 11 is 1.71. The third-order valence-corrected chi connectivity index (χ3v) is 4.97. The van der Waals surface area contributed by atoms with Crippen LogP contribution in [0.25, 0.3) is 0 Å². The van der Waals surface area contributed by atoms with Crippen molar-refractivity contribution in [1.29, 1.82) is 0 Å². The third-order valence-electron chi connectivity index (χ3n) is 3.75. The first-order chi connectivity index (χ1) is 11.5. The van der Waals surface area contributed by atoms with Crippen LogP contribution in [0.4, 0.5) is 0 Å². The first kappa shape index (κ1) is 19.0. The molecular weight excluding hydrogens is 316 g/mol. The second-order valence-electron chi connectivity index (χ2n) is 6.43. The van der Waals surface area contributed by atoms with Crippen LogP contribution in [0.5, 0.6) is 0 Å². The van der Waals surface area contributed by atoms with Gasteiger partial charge in [0.25, 0.3) is 0 Å². The van der Waals surface area contributed by atoms with Gasteiger partial charge in [-0.2, -0.15) is 0 Å². The van der Waals surface area contributed by atoms with E-state index < -0.39 is 0 Å². The van der Waals surface area contributed by atoms with Gasteiger partial charge in [0, 0.05) is 24.1 Å². The standard InChI is InChI=1S/C20H28N2OS/c1-14(21)12-16-4-8-18(9-5-16)20(23-3)24-19-10-6-17(7-11-19)13-15(2)22/h4-11,14-15,20H,12-13,21-22H2,1-3H3. The quantitative estimate of drug-likeness (QED) is 0.563. The molecule has 0 fully saturated rings. The predicted molar refractivity (Wildman–Crippen MR) is 103 cm³/mol. The zero-order valence-electron chi connectivity index (χ0n) is 14.7. The lowest BCUT2D eigenvalue weighted by Gasteiger charge is -2.16. The Morgan fingerprint density at radius 3 is 1.71 bits per heavy atom. The molecule has 0 saturated heterocycles. The lowest BCUT2D eigenvalue weighted by atomic mass is 10.1. The van der Waals surface area contributed by atoms with Crippen molar-refractivity contribution >= 4 is 11.8 Å². The lowest BCUT2D eigenvalue weighted by Crippen LogP contribution is -2.17. The topological polar surface area (TPSA) is 61.3 Å². The summed E-state index contributed by atoms with van der Waals surface area (Å²) in [6.45, 7) is 4.05. The highest BCUT2D eigenvalue weighted by Gasteiger charge is 2.12. The maximum atomic E-state index is 5.86. The monoisotopic (exact) mass is 344 g/mol. The fourth-order valence-electron chi connectivity index (χ4n) is 2.63. The van der Waals surface area contributed by atoms with Gasteiger partial charge in [-0.25, -0.2) is 0 Å². The maximum Gasteiger partial charge on any atom is 0.132 e. The largest absolute Gasteiger partial charge is 0.366 e. The van der Waals surface area contributed by atoms with E-state index in [0.717, 1.165) is 18.4 Å². The molecule has 2 rings (SSSR count). The molecule has 3 unspecified atom stereocenters. The molecule has 0 saturated carbocycles. The molecule has 0 amide bonds. The summed E-state index contributed by atoms with van der Waals surface area (Å²) in [6.07, 6.45) is 1.80. The van der Waals surface area contributed by atoms with Crippen LogP contribution >= 0.6 is 11.8 Å². The van der Waals surface area contributed by atoms with Gasteiger partial charge in [0.15, 0.2) is 0 Å². The van der Waals surface area contributed by atoms with Crippen LogP contribution in [0.3, 0.4) is 0 Å². The number of rotatable bonds is 8. The van der Waals surface area contributed by atoms with Crippen molar-refractivity contribution in [2.75, 3.05) is 7.11 Å². The number of nitrogens with two attached hydrogens (primary N) is 2. The van der Waals surface area contributed by atoms with Gasteiger partial charge >= 0.3 is 0 Å². The van der Waals surface area contributed by atoms with Crippen molar-refractivity contribution in [3.05, 3.63) is 65.2 Å². The van der Waals surface area contributed by atoms with Gasteiger partial charge in [-0.1, -0.05) is 48.2 Å². The molecule has 0 heterocycles. The van der Waals surface area contributed by atoms with E-state index in [-0.39, 0.29) is 17.5 Å². The second-order valence-corrected chi connectivity index (χ2v) is 7.57. The van der Waals surface area contributed by atoms with Gasteiger partial charge in [-0.15, -0.1) is 0 Å². The molecule has 0 aliphatic carbocycles. The van der Waals surface area contributed by atoms with Crippen LogP contribution in [0.15, 0.2) is 53.4 Å². The highest BCUT2D eigenvalue weighted by atomic mass is 32.2. The summed E-state index contributed by atoms with van der Waals surface area (Å²) in [5, 5.41) is 0. The van der Waals surface area contributed by atoms with Crippen LogP contribution in [-0.4, -0.2) is 19.2 Å². The Morgan fingerprint density at radius 2 is 1.29 bits per heavy atom. The molecule has 4 heteroatoms. The molecule has 130 valence electrons. The maximum absolute atomic E-state index is 5.86. The van der Waals surface area contributed by atoms with Gasteiger partial charge in [0.2, 0.25) is 0 Å². The first-order valence-electron chi connectivity index (χ1n) is 8.36. The summed E-state index contributed by atoms with van der Waals surface area (Å²) in [5.41, 5.74) is 15.4.